The van der Waals surface area contributed by atoms with Gasteiger partial charge in [-0.3, -0.25) is 9.59 Å². The molecule has 1 heterocycles. The Morgan fingerprint density at radius 2 is 2.10 bits per heavy atom. The second-order valence-corrected chi connectivity index (χ2v) is 5.92. The van der Waals surface area contributed by atoms with Crippen molar-refractivity contribution in [1.29, 1.82) is 0 Å². The molecule has 1 unspecified atom stereocenters. The molecule has 1 aromatic heterocycles. The van der Waals surface area contributed by atoms with Crippen LogP contribution < -0.4 is 10.6 Å². The summed E-state index contributed by atoms with van der Waals surface area (Å²) in [4.78, 5) is 23.0. The van der Waals surface area contributed by atoms with Crippen molar-refractivity contribution in [2.45, 2.75) is 19.9 Å². The van der Waals surface area contributed by atoms with Crippen LogP contribution in [0.15, 0.2) is 24.3 Å². The third-order valence-corrected chi connectivity index (χ3v) is 3.67. The van der Waals surface area contributed by atoms with E-state index < -0.39 is 0 Å². The SMILES string of the molecule is CC(=O)Nc1cccc(C(C)NC(=O)c2nnc(Cl)s2)c1. The van der Waals surface area contributed by atoms with Crippen LogP contribution in [0.1, 0.15) is 35.3 Å². The highest BCUT2D eigenvalue weighted by Crippen LogP contribution is 2.19. The van der Waals surface area contributed by atoms with Crippen molar-refractivity contribution in [3.63, 3.8) is 0 Å². The molecule has 0 aliphatic heterocycles. The lowest BCUT2D eigenvalue weighted by Gasteiger charge is -2.14. The molecule has 6 nitrogen and oxygen atoms in total. The van der Waals surface area contributed by atoms with E-state index in [9.17, 15) is 9.59 Å². The summed E-state index contributed by atoms with van der Waals surface area (Å²) >= 11 is 6.67. The number of carbonyl (C=O) groups is 2. The summed E-state index contributed by atoms with van der Waals surface area (Å²) in [5.41, 5.74) is 1.55. The number of rotatable bonds is 4. The molecule has 0 radical (unpaired) electrons. The topological polar surface area (TPSA) is 84.0 Å². The Balaban J connectivity index is 2.07. The maximum atomic E-state index is 12.0. The fourth-order valence-electron chi connectivity index (χ4n) is 1.73. The molecule has 0 aliphatic rings. The Hall–Kier alpha value is -1.99. The van der Waals surface area contributed by atoms with Crippen LogP contribution >= 0.6 is 22.9 Å². The van der Waals surface area contributed by atoms with E-state index in [1.165, 1.54) is 6.92 Å². The first-order valence-corrected chi connectivity index (χ1v) is 7.32. The summed E-state index contributed by atoms with van der Waals surface area (Å²) in [6.45, 7) is 3.28. The van der Waals surface area contributed by atoms with Gasteiger partial charge in [-0.2, -0.15) is 0 Å². The van der Waals surface area contributed by atoms with E-state index >= 15 is 0 Å². The van der Waals surface area contributed by atoms with Gasteiger partial charge in [-0.1, -0.05) is 23.5 Å². The van der Waals surface area contributed by atoms with Crippen molar-refractivity contribution in [2.24, 2.45) is 0 Å². The average molecular weight is 325 g/mol. The highest BCUT2D eigenvalue weighted by Gasteiger charge is 2.15. The van der Waals surface area contributed by atoms with E-state index in [4.69, 9.17) is 11.6 Å². The maximum Gasteiger partial charge on any atom is 0.282 e. The first-order chi connectivity index (χ1) is 9.95. The minimum Gasteiger partial charge on any atom is -0.343 e. The largest absolute Gasteiger partial charge is 0.343 e. The maximum absolute atomic E-state index is 12.0. The van der Waals surface area contributed by atoms with Crippen molar-refractivity contribution >= 4 is 40.4 Å². The quantitative estimate of drug-likeness (QED) is 0.905. The molecule has 2 amide bonds. The van der Waals surface area contributed by atoms with Crippen LogP contribution in [0.4, 0.5) is 5.69 Å². The molecule has 8 heteroatoms. The Morgan fingerprint density at radius 1 is 1.33 bits per heavy atom. The number of amides is 2. The van der Waals surface area contributed by atoms with Gasteiger partial charge in [0.1, 0.15) is 0 Å². The van der Waals surface area contributed by atoms with Gasteiger partial charge in [0.25, 0.3) is 5.91 Å². The van der Waals surface area contributed by atoms with Crippen LogP contribution in [-0.4, -0.2) is 22.0 Å². The van der Waals surface area contributed by atoms with E-state index in [0.717, 1.165) is 16.9 Å². The lowest BCUT2D eigenvalue weighted by atomic mass is 10.1. The molecule has 0 spiro atoms. The molecule has 2 rings (SSSR count). The number of anilines is 1. The molecule has 1 atom stereocenters. The molecular formula is C13H13ClN4O2S. The fraction of sp³-hybridized carbons (Fsp3) is 0.231. The van der Waals surface area contributed by atoms with Crippen molar-refractivity contribution in [1.82, 2.24) is 15.5 Å². The third-order valence-electron chi connectivity index (χ3n) is 2.65. The van der Waals surface area contributed by atoms with Crippen molar-refractivity contribution in [3.05, 3.63) is 39.3 Å². The predicted molar refractivity (Wildman–Crippen MR) is 81.5 cm³/mol. The molecular weight excluding hydrogens is 312 g/mol. The van der Waals surface area contributed by atoms with Crippen molar-refractivity contribution in [3.8, 4) is 0 Å². The summed E-state index contributed by atoms with van der Waals surface area (Å²) in [6, 6.07) is 7.02. The summed E-state index contributed by atoms with van der Waals surface area (Å²) < 4.78 is 0.223. The van der Waals surface area contributed by atoms with Crippen LogP contribution in [0.2, 0.25) is 4.47 Å². The zero-order valence-corrected chi connectivity index (χ0v) is 13.0. The number of carbonyl (C=O) groups excluding carboxylic acids is 2. The van der Waals surface area contributed by atoms with Gasteiger partial charge in [0.2, 0.25) is 15.4 Å². The van der Waals surface area contributed by atoms with Gasteiger partial charge in [-0.25, -0.2) is 0 Å². The van der Waals surface area contributed by atoms with Gasteiger partial charge in [0.15, 0.2) is 0 Å². The van der Waals surface area contributed by atoms with Crippen LogP contribution in [0.5, 0.6) is 0 Å². The zero-order valence-electron chi connectivity index (χ0n) is 11.4. The highest BCUT2D eigenvalue weighted by atomic mass is 35.5. The first-order valence-electron chi connectivity index (χ1n) is 6.13. The minimum absolute atomic E-state index is 0.146. The van der Waals surface area contributed by atoms with Gasteiger partial charge in [0, 0.05) is 12.6 Å². The molecule has 0 saturated heterocycles. The number of nitrogens with one attached hydrogen (secondary N) is 2. The first kappa shape index (κ1) is 15.4. The van der Waals surface area contributed by atoms with Crippen LogP contribution in [-0.2, 0) is 4.79 Å². The molecule has 21 heavy (non-hydrogen) atoms. The van der Waals surface area contributed by atoms with Crippen LogP contribution in [0.25, 0.3) is 0 Å². The Bertz CT molecular complexity index is 674. The monoisotopic (exact) mass is 324 g/mol. The summed E-state index contributed by atoms with van der Waals surface area (Å²) in [5.74, 6) is -0.482. The molecule has 1 aromatic carbocycles. The second kappa shape index (κ2) is 6.64. The lowest BCUT2D eigenvalue weighted by Crippen LogP contribution is -2.26. The molecule has 110 valence electrons. The van der Waals surface area contributed by atoms with E-state index in [0.29, 0.717) is 5.69 Å². The average Bonchev–Trinajstić information content (AvgIpc) is 2.85. The minimum atomic E-state index is -0.336. The number of benzene rings is 1. The summed E-state index contributed by atoms with van der Waals surface area (Å²) in [5, 5.41) is 13.0. The van der Waals surface area contributed by atoms with Crippen molar-refractivity contribution in [2.75, 3.05) is 5.32 Å². The smallest absolute Gasteiger partial charge is 0.282 e. The van der Waals surface area contributed by atoms with Crippen molar-refractivity contribution < 1.29 is 9.59 Å². The standard InChI is InChI=1S/C13H13ClN4O2S/c1-7(15-11(20)12-17-18-13(14)21-12)9-4-3-5-10(6-9)16-8(2)19/h3-7H,1-2H3,(H,15,20)(H,16,19). The third kappa shape index (κ3) is 4.24. The Morgan fingerprint density at radius 3 is 2.71 bits per heavy atom. The molecule has 0 aliphatic carbocycles. The fourth-order valence-corrected chi connectivity index (χ4v) is 2.46. The number of nitrogens with zero attached hydrogens (tertiary/aromatic N) is 2. The number of hydrogen-bond acceptors (Lipinski definition) is 5. The van der Waals surface area contributed by atoms with Gasteiger partial charge >= 0.3 is 0 Å². The van der Waals surface area contributed by atoms with Crippen LogP contribution in [0.3, 0.4) is 0 Å². The Kier molecular flexibility index (Phi) is 4.87. The molecule has 0 bridgehead atoms. The van der Waals surface area contributed by atoms with Gasteiger partial charge in [-0.05, 0) is 36.2 Å². The normalized spacial score (nSPS) is 11.8. The number of halogens is 1. The van der Waals surface area contributed by atoms with Gasteiger partial charge in [-0.15, -0.1) is 10.2 Å². The summed E-state index contributed by atoms with van der Waals surface area (Å²) in [6.07, 6.45) is 0. The summed E-state index contributed by atoms with van der Waals surface area (Å²) in [7, 11) is 0. The number of aromatic nitrogens is 2. The molecule has 2 aromatic rings. The highest BCUT2D eigenvalue weighted by molar-refractivity contribution is 7.17. The van der Waals surface area contributed by atoms with Gasteiger partial charge in [0.05, 0.1) is 6.04 Å². The lowest BCUT2D eigenvalue weighted by molar-refractivity contribution is -0.114. The zero-order chi connectivity index (χ0) is 15.4. The van der Waals surface area contributed by atoms with E-state index in [1.807, 2.05) is 19.1 Å². The molecule has 0 saturated carbocycles. The van der Waals surface area contributed by atoms with E-state index in [2.05, 4.69) is 20.8 Å². The predicted octanol–water partition coefficient (Wildman–Crippen LogP) is 2.64. The number of hydrogen-bond donors (Lipinski definition) is 2. The van der Waals surface area contributed by atoms with Gasteiger partial charge < -0.3 is 10.6 Å². The van der Waals surface area contributed by atoms with E-state index in [-0.39, 0.29) is 27.3 Å². The molecule has 2 N–H and O–H groups in total. The van der Waals surface area contributed by atoms with Crippen LogP contribution in [0, 0.1) is 0 Å². The van der Waals surface area contributed by atoms with E-state index in [1.54, 1.807) is 12.1 Å². The second-order valence-electron chi connectivity index (χ2n) is 4.36. The molecule has 0 fully saturated rings. The Labute approximate surface area is 130 Å².